The van der Waals surface area contributed by atoms with Gasteiger partial charge in [0.25, 0.3) is 0 Å². The summed E-state index contributed by atoms with van der Waals surface area (Å²) in [6.07, 6.45) is 2.12. The molecule has 3 heteroatoms. The van der Waals surface area contributed by atoms with E-state index < -0.39 is 10.8 Å². The molecule has 1 aromatic rings. The van der Waals surface area contributed by atoms with Crippen LogP contribution in [0.4, 0.5) is 0 Å². The molecule has 0 saturated carbocycles. The monoisotopic (exact) mass is 267 g/mol. The van der Waals surface area contributed by atoms with Crippen molar-refractivity contribution in [3.63, 3.8) is 0 Å². The highest BCUT2D eigenvalue weighted by molar-refractivity contribution is 7.85. The number of nitrogens with one attached hydrogen (secondary N) is 1. The third-order valence-electron chi connectivity index (χ3n) is 3.22. The van der Waals surface area contributed by atoms with Gasteiger partial charge in [-0.1, -0.05) is 26.0 Å². The molecule has 3 atom stereocenters. The first-order chi connectivity index (χ1) is 8.60. The fraction of sp³-hybridized carbons (Fsp3) is 0.600. The number of hydrogen-bond donors (Lipinski definition) is 1. The van der Waals surface area contributed by atoms with Crippen LogP contribution in [0.2, 0.25) is 0 Å². The second-order valence-electron chi connectivity index (χ2n) is 4.79. The molecular weight excluding hydrogens is 242 g/mol. The Kier molecular flexibility index (Phi) is 6.58. The van der Waals surface area contributed by atoms with E-state index in [1.807, 2.05) is 31.2 Å². The standard InChI is InChI=1S/C15H25NOS/c1-5-10-16-15(6-2)13(4)18(17)14-9-7-8-12(3)11-14/h7-9,11,13,15-16H,5-6,10H2,1-4H3. The molecule has 0 amide bonds. The van der Waals surface area contributed by atoms with Crippen LogP contribution in [0, 0.1) is 6.92 Å². The lowest BCUT2D eigenvalue weighted by Gasteiger charge is -2.23. The molecule has 0 aliphatic heterocycles. The van der Waals surface area contributed by atoms with Gasteiger partial charge in [-0.25, -0.2) is 0 Å². The fourth-order valence-electron chi connectivity index (χ4n) is 2.08. The Morgan fingerprint density at radius 3 is 2.61 bits per heavy atom. The van der Waals surface area contributed by atoms with Gasteiger partial charge in [0.05, 0.1) is 16.0 Å². The van der Waals surface area contributed by atoms with Crippen LogP contribution in [-0.2, 0) is 10.8 Å². The number of benzene rings is 1. The summed E-state index contributed by atoms with van der Waals surface area (Å²) in [6, 6.07) is 8.34. The Morgan fingerprint density at radius 1 is 1.33 bits per heavy atom. The van der Waals surface area contributed by atoms with Gasteiger partial charge in [0.1, 0.15) is 0 Å². The molecule has 0 radical (unpaired) electrons. The molecule has 1 N–H and O–H groups in total. The smallest absolute Gasteiger partial charge is 0.0573 e. The molecule has 0 bridgehead atoms. The van der Waals surface area contributed by atoms with Crippen LogP contribution in [0.5, 0.6) is 0 Å². The lowest BCUT2D eigenvalue weighted by molar-refractivity contribution is 0.486. The number of aryl methyl sites for hydroxylation is 1. The average Bonchev–Trinajstić information content (AvgIpc) is 2.38. The Hall–Kier alpha value is -0.670. The van der Waals surface area contributed by atoms with Crippen molar-refractivity contribution in [2.24, 2.45) is 0 Å². The minimum absolute atomic E-state index is 0.142. The lowest BCUT2D eigenvalue weighted by Crippen LogP contribution is -2.40. The van der Waals surface area contributed by atoms with E-state index in [-0.39, 0.29) is 5.25 Å². The molecule has 3 unspecified atom stereocenters. The predicted molar refractivity (Wildman–Crippen MR) is 79.4 cm³/mol. The molecule has 0 aromatic heterocycles. The van der Waals surface area contributed by atoms with Crippen molar-refractivity contribution in [3.05, 3.63) is 29.8 Å². The quantitative estimate of drug-likeness (QED) is 0.821. The zero-order valence-corrected chi connectivity index (χ0v) is 12.7. The van der Waals surface area contributed by atoms with Gasteiger partial charge in [-0.2, -0.15) is 0 Å². The zero-order chi connectivity index (χ0) is 13.5. The fourth-order valence-corrected chi connectivity index (χ4v) is 3.61. The summed E-state index contributed by atoms with van der Waals surface area (Å²) in [6.45, 7) is 9.42. The van der Waals surface area contributed by atoms with E-state index in [1.165, 1.54) is 5.56 Å². The Labute approximate surface area is 114 Å². The molecule has 18 heavy (non-hydrogen) atoms. The molecular formula is C15H25NOS. The summed E-state index contributed by atoms with van der Waals surface area (Å²) in [5.41, 5.74) is 1.17. The van der Waals surface area contributed by atoms with Crippen molar-refractivity contribution in [1.82, 2.24) is 5.32 Å². The Morgan fingerprint density at radius 2 is 2.06 bits per heavy atom. The van der Waals surface area contributed by atoms with Crippen LogP contribution in [0.1, 0.15) is 39.2 Å². The van der Waals surface area contributed by atoms with Gasteiger partial charge in [0.2, 0.25) is 0 Å². The second kappa shape index (κ2) is 7.70. The van der Waals surface area contributed by atoms with Crippen LogP contribution in [0.25, 0.3) is 0 Å². The molecule has 0 aliphatic carbocycles. The highest BCUT2D eigenvalue weighted by atomic mass is 32.2. The summed E-state index contributed by atoms with van der Waals surface area (Å²) in [5, 5.41) is 3.63. The van der Waals surface area contributed by atoms with Gasteiger partial charge in [0, 0.05) is 10.9 Å². The van der Waals surface area contributed by atoms with Gasteiger partial charge >= 0.3 is 0 Å². The maximum absolute atomic E-state index is 12.5. The molecule has 0 spiro atoms. The van der Waals surface area contributed by atoms with Crippen molar-refractivity contribution in [2.45, 2.75) is 56.7 Å². The van der Waals surface area contributed by atoms with Crippen LogP contribution in [-0.4, -0.2) is 22.0 Å². The van der Waals surface area contributed by atoms with E-state index in [2.05, 4.69) is 26.1 Å². The molecule has 0 saturated heterocycles. The average molecular weight is 267 g/mol. The highest BCUT2D eigenvalue weighted by Gasteiger charge is 2.21. The van der Waals surface area contributed by atoms with E-state index in [4.69, 9.17) is 0 Å². The minimum atomic E-state index is -0.934. The Balaban J connectivity index is 2.75. The summed E-state index contributed by atoms with van der Waals surface area (Å²) >= 11 is 0. The SMILES string of the molecule is CCCNC(CC)C(C)S(=O)c1cccc(C)c1. The highest BCUT2D eigenvalue weighted by Crippen LogP contribution is 2.16. The van der Waals surface area contributed by atoms with Crippen molar-refractivity contribution < 1.29 is 4.21 Å². The van der Waals surface area contributed by atoms with Crippen LogP contribution < -0.4 is 5.32 Å². The van der Waals surface area contributed by atoms with Crippen molar-refractivity contribution in [2.75, 3.05) is 6.54 Å². The van der Waals surface area contributed by atoms with Crippen LogP contribution in [0.3, 0.4) is 0 Å². The van der Waals surface area contributed by atoms with E-state index in [1.54, 1.807) is 0 Å². The first-order valence-electron chi connectivity index (χ1n) is 6.80. The van der Waals surface area contributed by atoms with Crippen molar-refractivity contribution in [1.29, 1.82) is 0 Å². The first kappa shape index (κ1) is 15.4. The third-order valence-corrected chi connectivity index (χ3v) is 4.94. The molecule has 0 fully saturated rings. The largest absolute Gasteiger partial charge is 0.313 e. The van der Waals surface area contributed by atoms with Gasteiger partial charge in [-0.15, -0.1) is 0 Å². The van der Waals surface area contributed by atoms with Gasteiger partial charge in [-0.05, 0) is 50.9 Å². The van der Waals surface area contributed by atoms with E-state index in [0.29, 0.717) is 6.04 Å². The maximum Gasteiger partial charge on any atom is 0.0573 e. The second-order valence-corrected chi connectivity index (χ2v) is 6.60. The van der Waals surface area contributed by atoms with Gasteiger partial charge < -0.3 is 5.32 Å². The van der Waals surface area contributed by atoms with E-state index in [9.17, 15) is 4.21 Å². The van der Waals surface area contributed by atoms with E-state index in [0.717, 1.165) is 24.3 Å². The Bertz CT molecular complexity index is 392. The van der Waals surface area contributed by atoms with E-state index >= 15 is 0 Å². The van der Waals surface area contributed by atoms with Crippen molar-refractivity contribution in [3.8, 4) is 0 Å². The summed E-state index contributed by atoms with van der Waals surface area (Å²) in [4.78, 5) is 0.944. The van der Waals surface area contributed by atoms with Crippen LogP contribution in [0.15, 0.2) is 29.2 Å². The molecule has 2 nitrogen and oxygen atoms in total. The number of rotatable bonds is 7. The third kappa shape index (κ3) is 4.21. The normalized spacial score (nSPS) is 16.2. The predicted octanol–water partition coefficient (Wildman–Crippen LogP) is 3.27. The summed E-state index contributed by atoms with van der Waals surface area (Å²) in [5.74, 6) is 0. The molecule has 102 valence electrons. The van der Waals surface area contributed by atoms with Crippen LogP contribution >= 0.6 is 0 Å². The number of hydrogen-bond acceptors (Lipinski definition) is 2. The minimum Gasteiger partial charge on any atom is -0.313 e. The summed E-state index contributed by atoms with van der Waals surface area (Å²) in [7, 11) is -0.934. The lowest BCUT2D eigenvalue weighted by atomic mass is 10.1. The van der Waals surface area contributed by atoms with Gasteiger partial charge in [0.15, 0.2) is 0 Å². The maximum atomic E-state index is 12.5. The summed E-state index contributed by atoms with van der Waals surface area (Å²) < 4.78 is 12.5. The molecule has 1 aromatic carbocycles. The molecule has 0 aliphatic rings. The topological polar surface area (TPSA) is 29.1 Å². The van der Waals surface area contributed by atoms with Crippen molar-refractivity contribution >= 4 is 10.8 Å². The zero-order valence-electron chi connectivity index (χ0n) is 11.9. The molecule has 0 heterocycles. The molecule has 1 rings (SSSR count). The first-order valence-corrected chi connectivity index (χ1v) is 8.02. The van der Waals surface area contributed by atoms with Gasteiger partial charge in [-0.3, -0.25) is 4.21 Å².